The number of anilines is 1. The molecule has 0 radical (unpaired) electrons. The number of rotatable bonds is 5. The molecule has 4 heteroatoms. The van der Waals surface area contributed by atoms with E-state index in [0.29, 0.717) is 4.99 Å². The molecule has 0 aliphatic carbocycles. The number of pyridine rings is 1. The van der Waals surface area contributed by atoms with E-state index in [4.69, 9.17) is 18.0 Å². The second-order valence-electron chi connectivity index (χ2n) is 5.11. The molecule has 1 heterocycles. The van der Waals surface area contributed by atoms with E-state index in [9.17, 15) is 0 Å². The van der Waals surface area contributed by atoms with E-state index >= 15 is 0 Å². The molecule has 0 spiro atoms. The largest absolute Gasteiger partial charge is 0.389 e. The molecule has 110 valence electrons. The minimum atomic E-state index is 0.381. The van der Waals surface area contributed by atoms with Crippen LogP contribution in [-0.2, 0) is 13.0 Å². The molecular weight excluding hydrogens is 278 g/mol. The van der Waals surface area contributed by atoms with Gasteiger partial charge in [-0.3, -0.25) is 4.98 Å². The Morgan fingerprint density at radius 3 is 2.52 bits per heavy atom. The van der Waals surface area contributed by atoms with Gasteiger partial charge in [0, 0.05) is 23.6 Å². The Bertz CT molecular complexity index is 665. The first kappa shape index (κ1) is 15.4. The number of aromatic nitrogens is 1. The summed E-state index contributed by atoms with van der Waals surface area (Å²) in [6.07, 6.45) is 1.02. The average Bonchev–Trinajstić information content (AvgIpc) is 2.44. The van der Waals surface area contributed by atoms with Gasteiger partial charge in [0.05, 0.1) is 5.56 Å². The van der Waals surface area contributed by atoms with E-state index < -0.39 is 0 Å². The summed E-state index contributed by atoms with van der Waals surface area (Å²) >= 11 is 5.16. The van der Waals surface area contributed by atoms with Gasteiger partial charge in [-0.05, 0) is 37.5 Å². The van der Waals surface area contributed by atoms with Crippen LogP contribution in [0.1, 0.15) is 35.0 Å². The molecule has 0 unspecified atom stereocenters. The van der Waals surface area contributed by atoms with Gasteiger partial charge in [0.2, 0.25) is 0 Å². The van der Waals surface area contributed by atoms with Crippen LogP contribution in [0.15, 0.2) is 30.3 Å². The highest BCUT2D eigenvalue weighted by Crippen LogP contribution is 2.21. The minimum Gasteiger partial charge on any atom is -0.389 e. The van der Waals surface area contributed by atoms with Crippen LogP contribution in [0.25, 0.3) is 0 Å². The molecule has 0 amide bonds. The fourth-order valence-corrected chi connectivity index (χ4v) is 2.80. The third-order valence-corrected chi connectivity index (χ3v) is 3.75. The smallest absolute Gasteiger partial charge is 0.107 e. The summed E-state index contributed by atoms with van der Waals surface area (Å²) in [5, 5.41) is 3.46. The maximum absolute atomic E-state index is 5.84. The van der Waals surface area contributed by atoms with Crippen molar-refractivity contribution in [2.75, 3.05) is 5.32 Å². The lowest BCUT2D eigenvalue weighted by Gasteiger charge is -2.15. The normalized spacial score (nSPS) is 10.4. The van der Waals surface area contributed by atoms with Gasteiger partial charge in [-0.15, -0.1) is 0 Å². The zero-order valence-electron chi connectivity index (χ0n) is 12.7. The molecule has 2 aromatic rings. The van der Waals surface area contributed by atoms with Crippen LogP contribution in [0.4, 0.5) is 5.69 Å². The van der Waals surface area contributed by atoms with E-state index in [1.807, 2.05) is 19.9 Å². The summed E-state index contributed by atoms with van der Waals surface area (Å²) in [5.41, 5.74) is 12.1. The van der Waals surface area contributed by atoms with Crippen LogP contribution in [0.3, 0.4) is 0 Å². The summed E-state index contributed by atoms with van der Waals surface area (Å²) in [4.78, 5) is 4.82. The molecule has 3 nitrogen and oxygen atoms in total. The van der Waals surface area contributed by atoms with E-state index in [1.54, 1.807) is 0 Å². The topological polar surface area (TPSA) is 50.9 Å². The summed E-state index contributed by atoms with van der Waals surface area (Å²) in [6, 6.07) is 10.4. The first-order valence-corrected chi connectivity index (χ1v) is 7.52. The highest BCUT2D eigenvalue weighted by molar-refractivity contribution is 7.80. The maximum atomic E-state index is 5.84. The van der Waals surface area contributed by atoms with Gasteiger partial charge in [0.15, 0.2) is 0 Å². The highest BCUT2D eigenvalue weighted by atomic mass is 32.1. The molecule has 0 saturated heterocycles. The molecule has 0 fully saturated rings. The monoisotopic (exact) mass is 299 g/mol. The quantitative estimate of drug-likeness (QED) is 0.830. The van der Waals surface area contributed by atoms with Crippen molar-refractivity contribution >= 4 is 22.9 Å². The van der Waals surface area contributed by atoms with Crippen LogP contribution >= 0.6 is 12.2 Å². The lowest BCUT2D eigenvalue weighted by atomic mass is 10.0. The SMILES string of the molecule is CCc1ccccc1CNc1cc(C)nc(C)c1C(N)=S. The second-order valence-corrected chi connectivity index (χ2v) is 5.55. The fraction of sp³-hybridized carbons (Fsp3) is 0.294. The molecule has 1 aromatic carbocycles. The van der Waals surface area contributed by atoms with Crippen LogP contribution in [0, 0.1) is 13.8 Å². The Morgan fingerprint density at radius 1 is 1.24 bits per heavy atom. The summed E-state index contributed by atoms with van der Waals surface area (Å²) in [7, 11) is 0. The van der Waals surface area contributed by atoms with Crippen LogP contribution in [-0.4, -0.2) is 9.97 Å². The predicted molar refractivity (Wildman–Crippen MR) is 92.7 cm³/mol. The zero-order valence-corrected chi connectivity index (χ0v) is 13.6. The summed E-state index contributed by atoms with van der Waals surface area (Å²) in [5.74, 6) is 0. The number of hydrogen-bond acceptors (Lipinski definition) is 3. The van der Waals surface area contributed by atoms with Crippen molar-refractivity contribution in [1.29, 1.82) is 0 Å². The molecule has 1 aromatic heterocycles. The molecule has 0 bridgehead atoms. The number of nitrogens with zero attached hydrogens (tertiary/aromatic N) is 1. The van der Waals surface area contributed by atoms with Crippen molar-refractivity contribution in [3.8, 4) is 0 Å². The highest BCUT2D eigenvalue weighted by Gasteiger charge is 2.11. The van der Waals surface area contributed by atoms with Crippen molar-refractivity contribution < 1.29 is 0 Å². The Kier molecular flexibility index (Phi) is 4.91. The lowest BCUT2D eigenvalue weighted by Crippen LogP contribution is -2.16. The zero-order chi connectivity index (χ0) is 15.4. The summed E-state index contributed by atoms with van der Waals surface area (Å²) < 4.78 is 0. The van der Waals surface area contributed by atoms with E-state index in [-0.39, 0.29) is 0 Å². The second kappa shape index (κ2) is 6.68. The predicted octanol–water partition coefficient (Wildman–Crippen LogP) is 3.51. The molecule has 0 saturated carbocycles. The van der Waals surface area contributed by atoms with Gasteiger partial charge in [-0.1, -0.05) is 43.4 Å². The summed E-state index contributed by atoms with van der Waals surface area (Å²) in [6.45, 7) is 6.83. The van der Waals surface area contributed by atoms with Gasteiger partial charge in [0.25, 0.3) is 0 Å². The average molecular weight is 299 g/mol. The first-order chi connectivity index (χ1) is 10.0. The first-order valence-electron chi connectivity index (χ1n) is 7.11. The van der Waals surface area contributed by atoms with Gasteiger partial charge < -0.3 is 11.1 Å². The molecule has 21 heavy (non-hydrogen) atoms. The van der Waals surface area contributed by atoms with Crippen molar-refractivity contribution in [2.45, 2.75) is 33.7 Å². The van der Waals surface area contributed by atoms with E-state index in [2.05, 4.69) is 41.5 Å². The fourth-order valence-electron chi connectivity index (χ4n) is 2.54. The molecule has 2 rings (SSSR count). The third kappa shape index (κ3) is 3.58. The minimum absolute atomic E-state index is 0.381. The van der Waals surface area contributed by atoms with Crippen molar-refractivity contribution in [3.63, 3.8) is 0 Å². The number of benzene rings is 1. The number of nitrogens with one attached hydrogen (secondary N) is 1. The molecular formula is C17H21N3S. The van der Waals surface area contributed by atoms with Gasteiger partial charge in [-0.2, -0.15) is 0 Å². The molecule has 3 N–H and O–H groups in total. The van der Waals surface area contributed by atoms with Crippen molar-refractivity contribution in [1.82, 2.24) is 4.98 Å². The molecule has 0 aliphatic rings. The number of thiocarbonyl (C=S) groups is 1. The van der Waals surface area contributed by atoms with Gasteiger partial charge in [0.1, 0.15) is 4.99 Å². The van der Waals surface area contributed by atoms with Crippen LogP contribution in [0.5, 0.6) is 0 Å². The number of aryl methyl sites for hydroxylation is 3. The standard InChI is InChI=1S/C17H21N3S/c1-4-13-7-5-6-8-14(13)10-19-15-9-11(2)20-12(3)16(15)17(18)21/h5-9H,4,10H2,1-3H3,(H2,18,21)(H,19,20). The van der Waals surface area contributed by atoms with Crippen LogP contribution < -0.4 is 11.1 Å². The van der Waals surface area contributed by atoms with E-state index in [0.717, 1.165) is 35.6 Å². The number of nitrogens with two attached hydrogens (primary N) is 1. The Hall–Kier alpha value is -1.94. The Balaban J connectivity index is 2.30. The Morgan fingerprint density at radius 2 is 1.90 bits per heavy atom. The van der Waals surface area contributed by atoms with Gasteiger partial charge >= 0.3 is 0 Å². The molecule has 0 aliphatic heterocycles. The van der Waals surface area contributed by atoms with Crippen molar-refractivity contribution in [2.24, 2.45) is 5.73 Å². The van der Waals surface area contributed by atoms with Crippen molar-refractivity contribution in [3.05, 3.63) is 58.4 Å². The lowest BCUT2D eigenvalue weighted by molar-refractivity contribution is 1.03. The van der Waals surface area contributed by atoms with Gasteiger partial charge in [-0.25, -0.2) is 0 Å². The number of hydrogen-bond donors (Lipinski definition) is 2. The Labute approximate surface area is 131 Å². The maximum Gasteiger partial charge on any atom is 0.107 e. The van der Waals surface area contributed by atoms with Crippen LogP contribution in [0.2, 0.25) is 0 Å². The molecule has 0 atom stereocenters. The third-order valence-electron chi connectivity index (χ3n) is 3.54. The van der Waals surface area contributed by atoms with E-state index in [1.165, 1.54) is 11.1 Å².